The van der Waals surface area contributed by atoms with E-state index in [0.29, 0.717) is 31.3 Å². The molecule has 0 saturated carbocycles. The standard InChI is InChI=1S/C30H40N8O5/c1-20-25-7-10-38(14-21(25)3-4-27(20)42-17-24-13-32-19-43-24)15-23(39)12-33-30(41)26-11-28(35-18-34-26)36-22-5-8-37(9-6-22)16-29(40)31-2/h3-4,11,13,18-19,22-23,39H,5-10,12,14-17H2,1-2H3,(H,31,40)(H,33,41)(H,34,35,36). The number of carbonyl (C=O) groups is 2. The van der Waals surface area contributed by atoms with Crippen molar-refractivity contribution in [1.29, 1.82) is 0 Å². The number of hydrogen-bond donors (Lipinski definition) is 4. The van der Waals surface area contributed by atoms with Crippen molar-refractivity contribution in [3.05, 3.63) is 65.3 Å². The average Bonchev–Trinajstić information content (AvgIpc) is 3.54. The van der Waals surface area contributed by atoms with Crippen LogP contribution in [0.3, 0.4) is 0 Å². The van der Waals surface area contributed by atoms with Crippen LogP contribution in [0.2, 0.25) is 0 Å². The number of nitrogens with zero attached hydrogens (tertiary/aromatic N) is 5. The highest BCUT2D eigenvalue weighted by Crippen LogP contribution is 2.30. The third-order valence-electron chi connectivity index (χ3n) is 8.02. The van der Waals surface area contributed by atoms with Gasteiger partial charge in [0.2, 0.25) is 5.91 Å². The minimum atomic E-state index is -0.726. The van der Waals surface area contributed by atoms with Gasteiger partial charge in [-0.1, -0.05) is 6.07 Å². The largest absolute Gasteiger partial charge is 0.485 e. The average molecular weight is 593 g/mol. The molecule has 1 aromatic carbocycles. The fraction of sp³-hybridized carbons (Fsp3) is 0.500. The van der Waals surface area contributed by atoms with E-state index in [-0.39, 0.29) is 30.1 Å². The van der Waals surface area contributed by atoms with E-state index in [0.717, 1.165) is 56.8 Å². The quantitative estimate of drug-likeness (QED) is 0.239. The number of nitrogens with one attached hydrogen (secondary N) is 3. The second-order valence-corrected chi connectivity index (χ2v) is 11.1. The second kappa shape index (κ2) is 14.4. The SMILES string of the molecule is CNC(=O)CN1CCC(Nc2cc(C(=O)NCC(O)CN3CCc4c(ccc(OCc5cnco5)c4C)C3)ncn2)CC1. The Hall–Kier alpha value is -4.07. The number of piperidine rings is 1. The molecule has 13 nitrogen and oxygen atoms in total. The number of aliphatic hydroxyl groups is 1. The summed E-state index contributed by atoms with van der Waals surface area (Å²) >= 11 is 0. The van der Waals surface area contributed by atoms with E-state index in [9.17, 15) is 14.7 Å². The molecule has 2 amide bonds. The van der Waals surface area contributed by atoms with E-state index in [4.69, 9.17) is 9.15 Å². The van der Waals surface area contributed by atoms with Crippen LogP contribution < -0.4 is 20.7 Å². The molecule has 1 unspecified atom stereocenters. The highest BCUT2D eigenvalue weighted by Gasteiger charge is 2.23. The molecule has 13 heteroatoms. The number of likely N-dealkylation sites (tertiary alicyclic amines) is 1. The molecule has 4 N–H and O–H groups in total. The van der Waals surface area contributed by atoms with Gasteiger partial charge in [-0.05, 0) is 48.9 Å². The lowest BCUT2D eigenvalue weighted by atomic mass is 9.94. The highest BCUT2D eigenvalue weighted by atomic mass is 16.5. The monoisotopic (exact) mass is 592 g/mol. The molecule has 0 bridgehead atoms. The molecule has 2 aliphatic heterocycles. The summed E-state index contributed by atoms with van der Waals surface area (Å²) < 4.78 is 11.2. The van der Waals surface area contributed by atoms with Gasteiger partial charge in [-0.2, -0.15) is 0 Å². The van der Waals surface area contributed by atoms with E-state index in [1.54, 1.807) is 19.3 Å². The van der Waals surface area contributed by atoms with Crippen molar-refractivity contribution in [1.82, 2.24) is 35.4 Å². The zero-order valence-electron chi connectivity index (χ0n) is 24.7. The lowest BCUT2D eigenvalue weighted by Gasteiger charge is -2.32. The summed E-state index contributed by atoms with van der Waals surface area (Å²) in [6, 6.07) is 5.89. The van der Waals surface area contributed by atoms with Crippen molar-refractivity contribution in [3.63, 3.8) is 0 Å². The van der Waals surface area contributed by atoms with E-state index < -0.39 is 6.10 Å². The molecule has 2 aliphatic rings. The number of anilines is 1. The zero-order chi connectivity index (χ0) is 30.2. The van der Waals surface area contributed by atoms with Crippen LogP contribution >= 0.6 is 0 Å². The fourth-order valence-corrected chi connectivity index (χ4v) is 5.60. The van der Waals surface area contributed by atoms with Crippen LogP contribution in [-0.4, -0.2) is 100 Å². The number of carbonyl (C=O) groups excluding carboxylic acids is 2. The number of amides is 2. The van der Waals surface area contributed by atoms with Crippen molar-refractivity contribution >= 4 is 17.6 Å². The first-order valence-corrected chi connectivity index (χ1v) is 14.7. The Bertz CT molecular complexity index is 1380. The maximum Gasteiger partial charge on any atom is 0.270 e. The van der Waals surface area contributed by atoms with Crippen LogP contribution in [0.15, 0.2) is 41.5 Å². The molecule has 0 radical (unpaired) electrons. The summed E-state index contributed by atoms with van der Waals surface area (Å²) in [7, 11) is 1.64. The van der Waals surface area contributed by atoms with Gasteiger partial charge < -0.3 is 30.2 Å². The van der Waals surface area contributed by atoms with Crippen LogP contribution in [0.25, 0.3) is 0 Å². The van der Waals surface area contributed by atoms with Crippen molar-refractivity contribution in [2.75, 3.05) is 51.6 Å². The van der Waals surface area contributed by atoms with Crippen LogP contribution in [0, 0.1) is 6.92 Å². The molecule has 2 aromatic heterocycles. The third-order valence-corrected chi connectivity index (χ3v) is 8.02. The lowest BCUT2D eigenvalue weighted by Crippen LogP contribution is -2.43. The molecule has 1 atom stereocenters. The van der Waals surface area contributed by atoms with Crippen molar-refractivity contribution in [3.8, 4) is 5.75 Å². The van der Waals surface area contributed by atoms with Gasteiger partial charge in [0.05, 0.1) is 18.8 Å². The number of ether oxygens (including phenoxy) is 1. The molecular weight excluding hydrogens is 552 g/mol. The van der Waals surface area contributed by atoms with E-state index in [1.165, 1.54) is 23.8 Å². The molecule has 0 aliphatic carbocycles. The van der Waals surface area contributed by atoms with Gasteiger partial charge in [0, 0.05) is 58.4 Å². The molecule has 0 spiro atoms. The number of fused-ring (bicyclic) bond motifs is 1. The predicted octanol–water partition coefficient (Wildman–Crippen LogP) is 1.12. The van der Waals surface area contributed by atoms with E-state index in [2.05, 4.69) is 53.7 Å². The van der Waals surface area contributed by atoms with Crippen molar-refractivity contribution in [2.24, 2.45) is 0 Å². The smallest absolute Gasteiger partial charge is 0.270 e. The number of rotatable bonds is 12. The number of likely N-dealkylation sites (N-methyl/N-ethyl adjacent to an activating group) is 1. The molecule has 230 valence electrons. The number of aromatic nitrogens is 3. The van der Waals surface area contributed by atoms with Gasteiger partial charge in [0.15, 0.2) is 12.2 Å². The number of benzene rings is 1. The number of oxazole rings is 1. The summed E-state index contributed by atoms with van der Waals surface area (Å²) in [6.45, 7) is 6.50. The first kappa shape index (κ1) is 30.4. The van der Waals surface area contributed by atoms with Crippen molar-refractivity contribution < 1.29 is 23.8 Å². The zero-order valence-corrected chi connectivity index (χ0v) is 24.7. The normalized spacial score (nSPS) is 16.7. The van der Waals surface area contributed by atoms with Crippen LogP contribution in [0.4, 0.5) is 5.82 Å². The fourth-order valence-electron chi connectivity index (χ4n) is 5.60. The van der Waals surface area contributed by atoms with Crippen LogP contribution in [-0.2, 0) is 24.4 Å². The minimum Gasteiger partial charge on any atom is -0.485 e. The van der Waals surface area contributed by atoms with Gasteiger partial charge >= 0.3 is 0 Å². The topological polar surface area (TPSA) is 158 Å². The highest BCUT2D eigenvalue weighted by molar-refractivity contribution is 5.92. The Labute approximate surface area is 251 Å². The number of β-amino-alcohol motifs (C(OH)–C–C–N with tert-alkyl or cyclic N) is 1. The number of aliphatic hydroxyl groups excluding tert-OH is 1. The van der Waals surface area contributed by atoms with Gasteiger partial charge in [0.25, 0.3) is 5.91 Å². The maximum atomic E-state index is 12.8. The van der Waals surface area contributed by atoms with E-state index in [1.807, 2.05) is 6.07 Å². The first-order valence-electron chi connectivity index (χ1n) is 14.7. The maximum absolute atomic E-state index is 12.8. The summed E-state index contributed by atoms with van der Waals surface area (Å²) in [5.41, 5.74) is 3.85. The Morgan fingerprint density at radius 3 is 2.79 bits per heavy atom. The molecule has 4 heterocycles. The molecule has 3 aromatic rings. The Morgan fingerprint density at radius 2 is 2.02 bits per heavy atom. The predicted molar refractivity (Wildman–Crippen MR) is 159 cm³/mol. The van der Waals surface area contributed by atoms with Gasteiger partial charge in [-0.15, -0.1) is 0 Å². The third kappa shape index (κ3) is 8.27. The van der Waals surface area contributed by atoms with Gasteiger partial charge in [-0.3, -0.25) is 19.4 Å². The van der Waals surface area contributed by atoms with Gasteiger partial charge in [0.1, 0.15) is 30.2 Å². The van der Waals surface area contributed by atoms with Crippen molar-refractivity contribution in [2.45, 2.75) is 51.5 Å². The second-order valence-electron chi connectivity index (χ2n) is 11.1. The minimum absolute atomic E-state index is 0.0139. The first-order chi connectivity index (χ1) is 20.9. The Kier molecular flexibility index (Phi) is 10.2. The number of hydrogen-bond acceptors (Lipinski definition) is 11. The molecule has 1 fully saturated rings. The summed E-state index contributed by atoms with van der Waals surface area (Å²) in [4.78, 5) is 41.0. The van der Waals surface area contributed by atoms with Crippen LogP contribution in [0.5, 0.6) is 5.75 Å². The molecular formula is C30H40N8O5. The summed E-state index contributed by atoms with van der Waals surface area (Å²) in [5, 5.41) is 19.5. The van der Waals surface area contributed by atoms with E-state index >= 15 is 0 Å². The Balaban J connectivity index is 1.05. The Morgan fingerprint density at radius 1 is 1.19 bits per heavy atom. The summed E-state index contributed by atoms with van der Waals surface area (Å²) in [6.07, 6.45) is 6.26. The molecule has 1 saturated heterocycles. The van der Waals surface area contributed by atoms with Gasteiger partial charge in [-0.25, -0.2) is 15.0 Å². The lowest BCUT2D eigenvalue weighted by molar-refractivity contribution is -0.122. The molecule has 5 rings (SSSR count). The van der Waals surface area contributed by atoms with Crippen LogP contribution in [0.1, 0.15) is 45.8 Å². The summed E-state index contributed by atoms with van der Waals surface area (Å²) in [5.74, 6) is 1.74. The molecule has 43 heavy (non-hydrogen) atoms.